The van der Waals surface area contributed by atoms with Crippen LogP contribution in [0.1, 0.15) is 23.7 Å². The predicted molar refractivity (Wildman–Crippen MR) is 125 cm³/mol. The summed E-state index contributed by atoms with van der Waals surface area (Å²) in [7, 11) is 0. The number of nitrogens with one attached hydrogen (secondary N) is 1. The van der Waals surface area contributed by atoms with E-state index in [0.29, 0.717) is 12.4 Å². The molecule has 0 atom stereocenters. The summed E-state index contributed by atoms with van der Waals surface area (Å²) >= 11 is 0. The number of aromatic nitrogens is 5. The van der Waals surface area contributed by atoms with Gasteiger partial charge in [0.1, 0.15) is 12.4 Å². The number of hydrogen-bond donors (Lipinski definition) is 1. The smallest absolute Gasteiger partial charge is 0.205 e. The number of hydrogen-bond acceptors (Lipinski definition) is 5. The molecule has 2 aromatic heterocycles. The van der Waals surface area contributed by atoms with Crippen molar-refractivity contribution in [3.63, 3.8) is 0 Å². The predicted octanol–water partition coefficient (Wildman–Crippen LogP) is 5.53. The molecular weight excluding hydrogens is 398 g/mol. The molecule has 0 amide bonds. The van der Waals surface area contributed by atoms with Gasteiger partial charge in [-0.1, -0.05) is 55.5 Å². The van der Waals surface area contributed by atoms with Crippen molar-refractivity contribution in [2.45, 2.75) is 26.9 Å². The third kappa shape index (κ3) is 3.95. The fourth-order valence-corrected chi connectivity index (χ4v) is 3.83. The van der Waals surface area contributed by atoms with Crippen LogP contribution >= 0.6 is 0 Å². The Labute approximate surface area is 186 Å². The highest BCUT2D eigenvalue weighted by Crippen LogP contribution is 2.32. The number of pyridine rings is 1. The number of aryl methyl sites for hydroxylation is 2. The van der Waals surface area contributed by atoms with Gasteiger partial charge in [-0.2, -0.15) is 5.21 Å². The monoisotopic (exact) mass is 421 g/mol. The van der Waals surface area contributed by atoms with Gasteiger partial charge in [0.2, 0.25) is 5.82 Å². The molecule has 0 radical (unpaired) electrons. The molecule has 0 aliphatic carbocycles. The lowest BCUT2D eigenvalue weighted by atomic mass is 9.97. The number of tetrazole rings is 1. The molecule has 2 heterocycles. The van der Waals surface area contributed by atoms with E-state index in [0.717, 1.165) is 51.0 Å². The molecule has 32 heavy (non-hydrogen) atoms. The zero-order chi connectivity index (χ0) is 21.9. The summed E-state index contributed by atoms with van der Waals surface area (Å²) in [5.41, 5.74) is 7.26. The molecule has 6 nitrogen and oxygen atoms in total. The molecule has 158 valence electrons. The van der Waals surface area contributed by atoms with Gasteiger partial charge in [-0.25, -0.2) is 0 Å². The lowest BCUT2D eigenvalue weighted by Gasteiger charge is -2.13. The molecule has 5 aromatic rings. The van der Waals surface area contributed by atoms with Crippen LogP contribution in [0.25, 0.3) is 33.4 Å². The van der Waals surface area contributed by atoms with Crippen LogP contribution in [0.3, 0.4) is 0 Å². The van der Waals surface area contributed by atoms with Crippen LogP contribution < -0.4 is 4.74 Å². The topological polar surface area (TPSA) is 76.6 Å². The summed E-state index contributed by atoms with van der Waals surface area (Å²) in [6, 6.07) is 24.8. The second kappa shape index (κ2) is 8.59. The van der Waals surface area contributed by atoms with Gasteiger partial charge < -0.3 is 4.74 Å². The van der Waals surface area contributed by atoms with Crippen LogP contribution in [-0.4, -0.2) is 25.6 Å². The van der Waals surface area contributed by atoms with Crippen molar-refractivity contribution in [3.05, 3.63) is 89.6 Å². The molecule has 0 unspecified atom stereocenters. The van der Waals surface area contributed by atoms with Gasteiger partial charge in [0, 0.05) is 22.7 Å². The van der Waals surface area contributed by atoms with E-state index >= 15 is 0 Å². The number of H-pyrrole nitrogens is 1. The number of aromatic amines is 1. The Kier molecular flexibility index (Phi) is 5.34. The van der Waals surface area contributed by atoms with Crippen LogP contribution in [0.15, 0.2) is 72.8 Å². The maximum atomic E-state index is 6.30. The minimum atomic E-state index is 0.427. The zero-order valence-corrected chi connectivity index (χ0v) is 18.0. The molecule has 0 bridgehead atoms. The van der Waals surface area contributed by atoms with Gasteiger partial charge in [-0.3, -0.25) is 4.98 Å². The van der Waals surface area contributed by atoms with Crippen molar-refractivity contribution in [1.29, 1.82) is 0 Å². The van der Waals surface area contributed by atoms with Crippen LogP contribution in [0.2, 0.25) is 0 Å². The van der Waals surface area contributed by atoms with Gasteiger partial charge in [0.15, 0.2) is 0 Å². The zero-order valence-electron chi connectivity index (χ0n) is 18.0. The molecule has 0 aliphatic rings. The first-order chi connectivity index (χ1) is 15.7. The molecule has 3 aromatic carbocycles. The van der Waals surface area contributed by atoms with Crippen LogP contribution in [-0.2, 0) is 13.0 Å². The second-order valence-corrected chi connectivity index (χ2v) is 7.76. The minimum absolute atomic E-state index is 0.427. The maximum Gasteiger partial charge on any atom is 0.205 e. The highest BCUT2D eigenvalue weighted by atomic mass is 16.5. The summed E-state index contributed by atoms with van der Waals surface area (Å²) in [6.45, 7) is 4.61. The Morgan fingerprint density at radius 1 is 0.906 bits per heavy atom. The molecule has 0 saturated heterocycles. The van der Waals surface area contributed by atoms with E-state index in [1.54, 1.807) is 0 Å². The van der Waals surface area contributed by atoms with Crippen molar-refractivity contribution < 1.29 is 4.74 Å². The Balaban J connectivity index is 1.50. The Morgan fingerprint density at radius 3 is 2.56 bits per heavy atom. The Bertz CT molecular complexity index is 1360. The first-order valence-corrected chi connectivity index (χ1v) is 10.7. The summed E-state index contributed by atoms with van der Waals surface area (Å²) in [5.74, 6) is 1.41. The lowest BCUT2D eigenvalue weighted by molar-refractivity contribution is 0.309. The molecule has 0 spiro atoms. The summed E-state index contributed by atoms with van der Waals surface area (Å²) in [6.07, 6.45) is 0.855. The minimum Gasteiger partial charge on any atom is -0.488 e. The maximum absolute atomic E-state index is 6.30. The molecule has 0 aliphatic heterocycles. The molecule has 0 saturated carbocycles. The van der Waals surface area contributed by atoms with Crippen LogP contribution in [0.5, 0.6) is 5.75 Å². The number of benzene rings is 3. The van der Waals surface area contributed by atoms with E-state index in [1.165, 1.54) is 5.56 Å². The van der Waals surface area contributed by atoms with Crippen molar-refractivity contribution in [1.82, 2.24) is 25.6 Å². The highest BCUT2D eigenvalue weighted by Gasteiger charge is 2.13. The standard InChI is InChI=1S/C26H23N5O/c1-3-20-15-25(22-11-9-17(2)13-24(22)27-20)32-16-18-10-12-21(19-7-5-4-6-8-19)23(14-18)26-28-30-31-29-26/h4-15H,3,16H2,1-2H3,(H,28,29,30,31). The first kappa shape index (κ1) is 19.9. The fourth-order valence-electron chi connectivity index (χ4n) is 3.83. The molecule has 1 N–H and O–H groups in total. The van der Waals surface area contributed by atoms with Gasteiger partial charge in [-0.15, -0.1) is 10.2 Å². The average molecular weight is 422 g/mol. The van der Waals surface area contributed by atoms with E-state index < -0.39 is 0 Å². The van der Waals surface area contributed by atoms with Crippen molar-refractivity contribution >= 4 is 10.9 Å². The summed E-state index contributed by atoms with van der Waals surface area (Å²) < 4.78 is 6.30. The van der Waals surface area contributed by atoms with Gasteiger partial charge >= 0.3 is 0 Å². The van der Waals surface area contributed by atoms with E-state index in [4.69, 9.17) is 9.72 Å². The first-order valence-electron chi connectivity index (χ1n) is 10.7. The summed E-state index contributed by atoms with van der Waals surface area (Å²) in [5, 5.41) is 15.7. The summed E-state index contributed by atoms with van der Waals surface area (Å²) in [4.78, 5) is 4.76. The molecular formula is C26H23N5O. The van der Waals surface area contributed by atoms with Gasteiger partial charge in [0.05, 0.1) is 5.52 Å². The van der Waals surface area contributed by atoms with Crippen molar-refractivity contribution in [2.24, 2.45) is 0 Å². The molecule has 6 heteroatoms. The highest BCUT2D eigenvalue weighted by molar-refractivity contribution is 5.86. The Morgan fingerprint density at radius 2 is 1.78 bits per heavy atom. The second-order valence-electron chi connectivity index (χ2n) is 7.76. The van der Waals surface area contributed by atoms with Crippen molar-refractivity contribution in [3.8, 4) is 28.3 Å². The van der Waals surface area contributed by atoms with E-state index in [2.05, 4.69) is 83.0 Å². The fraction of sp³-hybridized carbons (Fsp3) is 0.154. The van der Waals surface area contributed by atoms with Crippen molar-refractivity contribution in [2.75, 3.05) is 0 Å². The number of rotatable bonds is 6. The lowest BCUT2D eigenvalue weighted by Crippen LogP contribution is -2.00. The normalized spacial score (nSPS) is 11.1. The molecule has 5 rings (SSSR count). The van der Waals surface area contributed by atoms with Gasteiger partial charge in [-0.05, 0) is 59.0 Å². The quantitative estimate of drug-likeness (QED) is 0.390. The SMILES string of the molecule is CCc1cc(OCc2ccc(-c3ccccc3)c(-c3nn[nH]n3)c2)c2ccc(C)cc2n1. The number of fused-ring (bicyclic) bond motifs is 1. The van der Waals surface area contributed by atoms with E-state index in [-0.39, 0.29) is 0 Å². The largest absolute Gasteiger partial charge is 0.488 e. The van der Waals surface area contributed by atoms with Crippen LogP contribution in [0.4, 0.5) is 0 Å². The molecule has 0 fully saturated rings. The van der Waals surface area contributed by atoms with E-state index in [1.807, 2.05) is 24.3 Å². The number of ether oxygens (including phenoxy) is 1. The van der Waals surface area contributed by atoms with Gasteiger partial charge in [0.25, 0.3) is 0 Å². The third-order valence-electron chi connectivity index (χ3n) is 5.49. The average Bonchev–Trinajstić information content (AvgIpc) is 3.37. The van der Waals surface area contributed by atoms with Crippen LogP contribution in [0, 0.1) is 6.92 Å². The third-order valence-corrected chi connectivity index (χ3v) is 5.49. The number of nitrogens with zero attached hydrogens (tertiary/aromatic N) is 4. The van der Waals surface area contributed by atoms with E-state index in [9.17, 15) is 0 Å². The Hall–Kier alpha value is -4.06.